The second-order valence-electron chi connectivity index (χ2n) is 4.99. The van der Waals surface area contributed by atoms with Crippen LogP contribution in [0, 0.1) is 0 Å². The van der Waals surface area contributed by atoms with E-state index in [4.69, 9.17) is 9.84 Å². The minimum atomic E-state index is -0.899. The molecule has 1 aromatic carbocycles. The van der Waals surface area contributed by atoms with E-state index in [1.807, 2.05) is 30.3 Å². The molecule has 1 atom stereocenters. The van der Waals surface area contributed by atoms with Gasteiger partial charge in [0.25, 0.3) is 5.19 Å². The Labute approximate surface area is 142 Å². The first kappa shape index (κ1) is 17.7. The van der Waals surface area contributed by atoms with Gasteiger partial charge >= 0.3 is 12.0 Å². The number of hydrogen-bond donors (Lipinski definition) is 3. The number of carboxylic acids is 1. The van der Waals surface area contributed by atoms with Crippen molar-refractivity contribution in [1.82, 2.24) is 15.5 Å². The maximum absolute atomic E-state index is 12.1. The predicted molar refractivity (Wildman–Crippen MR) is 89.4 cm³/mol. The van der Waals surface area contributed by atoms with Crippen molar-refractivity contribution < 1.29 is 19.4 Å². The summed E-state index contributed by atoms with van der Waals surface area (Å²) in [5, 5.41) is 22.4. The van der Waals surface area contributed by atoms with E-state index in [0.29, 0.717) is 23.2 Å². The van der Waals surface area contributed by atoms with Gasteiger partial charge in [-0.15, -0.1) is 5.10 Å². The monoisotopic (exact) mass is 350 g/mol. The van der Waals surface area contributed by atoms with Gasteiger partial charge < -0.3 is 15.2 Å². The first-order valence-electron chi connectivity index (χ1n) is 7.27. The minimum absolute atomic E-state index is 0.0234. The summed E-state index contributed by atoms with van der Waals surface area (Å²) in [5.74, 6) is -0.899. The number of carbonyl (C=O) groups is 2. The summed E-state index contributed by atoms with van der Waals surface area (Å²) in [6.45, 7) is 0. The van der Waals surface area contributed by atoms with Gasteiger partial charge in [-0.05, 0) is 29.7 Å². The zero-order valence-corrected chi connectivity index (χ0v) is 13.9. The van der Waals surface area contributed by atoms with Gasteiger partial charge in [-0.1, -0.05) is 35.4 Å². The second kappa shape index (κ2) is 8.82. The molecule has 0 saturated carbocycles. The van der Waals surface area contributed by atoms with Crippen LogP contribution < -0.4 is 15.4 Å². The number of carboxylic acid groups (broad SMARTS) is 1. The quantitative estimate of drug-likeness (QED) is 0.672. The van der Waals surface area contributed by atoms with E-state index in [9.17, 15) is 9.59 Å². The van der Waals surface area contributed by atoms with Crippen LogP contribution in [0.25, 0.3) is 0 Å². The molecule has 0 aliphatic carbocycles. The number of ether oxygens (including phenoxy) is 1. The molecule has 0 fully saturated rings. The molecule has 128 valence electrons. The molecule has 0 saturated heterocycles. The van der Waals surface area contributed by atoms with Gasteiger partial charge in [0.05, 0.1) is 7.11 Å². The van der Waals surface area contributed by atoms with Crippen LogP contribution in [0.4, 0.5) is 9.93 Å². The fourth-order valence-corrected chi connectivity index (χ4v) is 2.64. The Balaban J connectivity index is 1.95. The largest absolute Gasteiger partial charge is 0.481 e. The van der Waals surface area contributed by atoms with E-state index >= 15 is 0 Å². The molecule has 0 bridgehead atoms. The first-order valence-corrected chi connectivity index (χ1v) is 8.09. The van der Waals surface area contributed by atoms with Crippen LogP contribution in [-0.2, 0) is 11.2 Å². The lowest BCUT2D eigenvalue weighted by molar-refractivity contribution is -0.137. The number of hydrogen-bond acceptors (Lipinski definition) is 6. The molecule has 8 nitrogen and oxygen atoms in total. The molecule has 1 heterocycles. The lowest BCUT2D eigenvalue weighted by atomic mass is 10.0. The van der Waals surface area contributed by atoms with Crippen LogP contribution in [0.15, 0.2) is 30.3 Å². The van der Waals surface area contributed by atoms with E-state index in [-0.39, 0.29) is 12.5 Å². The Morgan fingerprint density at radius 1 is 1.29 bits per heavy atom. The van der Waals surface area contributed by atoms with Crippen LogP contribution in [-0.4, -0.2) is 40.5 Å². The third-order valence-electron chi connectivity index (χ3n) is 3.17. The van der Waals surface area contributed by atoms with E-state index in [1.54, 1.807) is 0 Å². The summed E-state index contributed by atoms with van der Waals surface area (Å²) in [7, 11) is 1.46. The van der Waals surface area contributed by atoms with Gasteiger partial charge in [0, 0.05) is 12.5 Å². The summed E-state index contributed by atoms with van der Waals surface area (Å²) < 4.78 is 4.91. The Hall–Kier alpha value is -2.68. The highest BCUT2D eigenvalue weighted by Gasteiger charge is 2.16. The number of amides is 2. The molecule has 0 aliphatic heterocycles. The second-order valence-corrected chi connectivity index (χ2v) is 5.93. The van der Waals surface area contributed by atoms with Gasteiger partial charge in [-0.3, -0.25) is 10.1 Å². The topological polar surface area (TPSA) is 113 Å². The van der Waals surface area contributed by atoms with E-state index < -0.39 is 12.0 Å². The van der Waals surface area contributed by atoms with Crippen molar-refractivity contribution in [3.63, 3.8) is 0 Å². The number of nitrogens with one attached hydrogen (secondary N) is 2. The maximum atomic E-state index is 12.1. The Bertz CT molecular complexity index is 677. The van der Waals surface area contributed by atoms with Gasteiger partial charge in [-0.25, -0.2) is 4.79 Å². The summed E-state index contributed by atoms with van der Waals surface area (Å²) in [5.41, 5.74) is 1.02. The zero-order chi connectivity index (χ0) is 17.4. The highest BCUT2D eigenvalue weighted by Crippen LogP contribution is 2.21. The Morgan fingerprint density at radius 2 is 2.04 bits per heavy atom. The molecule has 2 aromatic rings. The molecule has 24 heavy (non-hydrogen) atoms. The molecule has 2 rings (SSSR count). The number of carbonyl (C=O) groups excluding carboxylic acids is 1. The van der Waals surface area contributed by atoms with E-state index in [0.717, 1.165) is 16.9 Å². The molecule has 3 N–H and O–H groups in total. The molecule has 2 amide bonds. The van der Waals surface area contributed by atoms with Crippen molar-refractivity contribution in [3.8, 4) is 5.19 Å². The number of aromatic nitrogens is 2. The van der Waals surface area contributed by atoms with Crippen LogP contribution in [0.2, 0.25) is 0 Å². The lowest BCUT2D eigenvalue weighted by Gasteiger charge is -2.18. The van der Waals surface area contributed by atoms with E-state index in [1.165, 1.54) is 7.11 Å². The normalized spacial score (nSPS) is 11.5. The van der Waals surface area contributed by atoms with Crippen LogP contribution in [0.3, 0.4) is 0 Å². The SMILES string of the molecule is COc1nnc(NC(=O)NC(CCC(=O)O)Cc2ccccc2)s1. The summed E-state index contributed by atoms with van der Waals surface area (Å²) in [4.78, 5) is 22.9. The Morgan fingerprint density at radius 3 is 2.67 bits per heavy atom. The number of rotatable bonds is 8. The molecule has 1 unspecified atom stereocenters. The number of nitrogens with zero attached hydrogens (tertiary/aromatic N) is 2. The summed E-state index contributed by atoms with van der Waals surface area (Å²) >= 11 is 1.10. The van der Waals surface area contributed by atoms with Crippen LogP contribution in [0.1, 0.15) is 18.4 Å². The van der Waals surface area contributed by atoms with Crippen molar-refractivity contribution in [2.45, 2.75) is 25.3 Å². The molecular formula is C15H18N4O4S. The highest BCUT2D eigenvalue weighted by molar-refractivity contribution is 7.17. The van der Waals surface area contributed by atoms with E-state index in [2.05, 4.69) is 20.8 Å². The average molecular weight is 350 g/mol. The number of urea groups is 1. The molecule has 0 radical (unpaired) electrons. The van der Waals surface area contributed by atoms with Gasteiger partial charge in [0.15, 0.2) is 0 Å². The summed E-state index contributed by atoms with van der Waals surface area (Å²) in [6, 6.07) is 8.80. The van der Waals surface area contributed by atoms with Crippen molar-refractivity contribution in [2.24, 2.45) is 0 Å². The number of anilines is 1. The van der Waals surface area contributed by atoms with Crippen molar-refractivity contribution >= 4 is 28.5 Å². The number of benzene rings is 1. The highest BCUT2D eigenvalue weighted by atomic mass is 32.1. The lowest BCUT2D eigenvalue weighted by Crippen LogP contribution is -2.39. The molecule has 1 aromatic heterocycles. The van der Waals surface area contributed by atoms with Crippen molar-refractivity contribution in [3.05, 3.63) is 35.9 Å². The smallest absolute Gasteiger partial charge is 0.321 e. The van der Waals surface area contributed by atoms with Crippen LogP contribution in [0.5, 0.6) is 5.19 Å². The third-order valence-corrected chi connectivity index (χ3v) is 3.97. The standard InChI is InChI=1S/C15H18N4O4S/c1-23-15-19-18-14(24-15)17-13(22)16-11(7-8-12(20)21)9-10-5-3-2-4-6-10/h2-6,11H,7-9H2,1H3,(H,20,21)(H2,16,17,18,22). The zero-order valence-electron chi connectivity index (χ0n) is 13.1. The molecule has 0 spiro atoms. The minimum Gasteiger partial charge on any atom is -0.481 e. The Kier molecular flexibility index (Phi) is 6.50. The number of aliphatic carboxylic acids is 1. The molecule has 0 aliphatic rings. The van der Waals surface area contributed by atoms with Crippen LogP contribution >= 0.6 is 11.3 Å². The molecule has 9 heteroatoms. The summed E-state index contributed by atoms with van der Waals surface area (Å²) in [6.07, 6.45) is 0.850. The van der Waals surface area contributed by atoms with Gasteiger partial charge in [-0.2, -0.15) is 0 Å². The van der Waals surface area contributed by atoms with Gasteiger partial charge in [0.1, 0.15) is 0 Å². The predicted octanol–water partition coefficient (Wildman–Crippen LogP) is 2.14. The first-order chi connectivity index (χ1) is 11.6. The van der Waals surface area contributed by atoms with Crippen molar-refractivity contribution in [2.75, 3.05) is 12.4 Å². The fraction of sp³-hybridized carbons (Fsp3) is 0.333. The third kappa shape index (κ3) is 5.84. The van der Waals surface area contributed by atoms with Crippen molar-refractivity contribution in [1.29, 1.82) is 0 Å². The maximum Gasteiger partial charge on any atom is 0.321 e. The molecular weight excluding hydrogens is 332 g/mol. The number of methoxy groups -OCH3 is 1. The average Bonchev–Trinajstić information content (AvgIpc) is 3.01. The van der Waals surface area contributed by atoms with Gasteiger partial charge in [0.2, 0.25) is 5.13 Å². The fourth-order valence-electron chi connectivity index (χ4n) is 2.08.